The fourth-order valence-corrected chi connectivity index (χ4v) is 2.69. The molecule has 0 aliphatic carbocycles. The smallest absolute Gasteiger partial charge is 0.259 e. The molecule has 0 atom stereocenters. The lowest BCUT2D eigenvalue weighted by molar-refractivity contribution is 0.102. The monoisotopic (exact) mass is 305 g/mol. The van der Waals surface area contributed by atoms with Crippen LogP contribution in [0.15, 0.2) is 23.6 Å². The number of carbonyl (C=O) groups is 1. The lowest BCUT2D eigenvalue weighted by Crippen LogP contribution is -2.15. The predicted octanol–water partition coefficient (Wildman–Crippen LogP) is 3.28. The van der Waals surface area contributed by atoms with Crippen LogP contribution in [0, 0.1) is 0 Å². The summed E-state index contributed by atoms with van der Waals surface area (Å²) in [5.41, 5.74) is 7.52. The second kappa shape index (κ2) is 5.73. The first-order valence-electron chi connectivity index (χ1n) is 6.52. The first-order chi connectivity index (χ1) is 9.82. The molecular formula is C15H19N3O2S. The number of carbonyl (C=O) groups excluding carboxylic acids is 1. The van der Waals surface area contributed by atoms with Gasteiger partial charge in [0.15, 0.2) is 5.13 Å². The van der Waals surface area contributed by atoms with Crippen LogP contribution in [0.1, 0.15) is 36.8 Å². The van der Waals surface area contributed by atoms with Gasteiger partial charge in [-0.1, -0.05) is 26.8 Å². The van der Waals surface area contributed by atoms with Crippen LogP contribution in [0.3, 0.4) is 0 Å². The van der Waals surface area contributed by atoms with Crippen molar-refractivity contribution in [1.29, 1.82) is 0 Å². The Balaban J connectivity index is 2.21. The lowest BCUT2D eigenvalue weighted by atomic mass is 9.93. The Morgan fingerprint density at radius 1 is 1.38 bits per heavy atom. The van der Waals surface area contributed by atoms with E-state index in [1.807, 2.05) is 5.38 Å². The number of rotatable bonds is 3. The van der Waals surface area contributed by atoms with E-state index in [9.17, 15) is 4.79 Å². The summed E-state index contributed by atoms with van der Waals surface area (Å²) in [7, 11) is 1.52. The third-order valence-electron chi connectivity index (χ3n) is 3.02. The van der Waals surface area contributed by atoms with Crippen LogP contribution >= 0.6 is 11.3 Å². The van der Waals surface area contributed by atoms with E-state index < -0.39 is 0 Å². The van der Waals surface area contributed by atoms with Crippen molar-refractivity contribution in [2.24, 2.45) is 0 Å². The highest BCUT2D eigenvalue weighted by atomic mass is 32.1. The minimum atomic E-state index is -0.291. The van der Waals surface area contributed by atoms with E-state index in [1.165, 1.54) is 18.4 Å². The Labute approximate surface area is 128 Å². The Kier molecular flexibility index (Phi) is 4.18. The van der Waals surface area contributed by atoms with E-state index in [2.05, 4.69) is 31.1 Å². The molecule has 0 aliphatic heterocycles. The van der Waals surface area contributed by atoms with E-state index in [-0.39, 0.29) is 11.3 Å². The van der Waals surface area contributed by atoms with Crippen molar-refractivity contribution in [2.75, 3.05) is 18.2 Å². The summed E-state index contributed by atoms with van der Waals surface area (Å²) >= 11 is 1.40. The van der Waals surface area contributed by atoms with Crippen LogP contribution in [0.2, 0.25) is 0 Å². The third-order valence-corrected chi connectivity index (χ3v) is 3.78. The van der Waals surface area contributed by atoms with Gasteiger partial charge in [-0.25, -0.2) is 4.98 Å². The molecule has 0 aliphatic rings. The van der Waals surface area contributed by atoms with Crippen molar-refractivity contribution in [1.82, 2.24) is 4.98 Å². The lowest BCUT2D eigenvalue weighted by Gasteiger charge is -2.14. The van der Waals surface area contributed by atoms with Gasteiger partial charge in [-0.3, -0.25) is 10.1 Å². The molecule has 0 radical (unpaired) electrons. The maximum Gasteiger partial charge on any atom is 0.259 e. The number of nitrogens with one attached hydrogen (secondary N) is 1. The number of nitrogen functional groups attached to an aromatic ring is 1. The minimum Gasteiger partial charge on any atom is -0.495 e. The highest BCUT2D eigenvalue weighted by Crippen LogP contribution is 2.28. The molecule has 2 aromatic rings. The number of thiazole rings is 1. The summed E-state index contributed by atoms with van der Waals surface area (Å²) in [6.45, 7) is 6.23. The quantitative estimate of drug-likeness (QED) is 0.853. The van der Waals surface area contributed by atoms with Gasteiger partial charge in [-0.15, -0.1) is 11.3 Å². The van der Waals surface area contributed by atoms with Gasteiger partial charge >= 0.3 is 0 Å². The van der Waals surface area contributed by atoms with Gasteiger partial charge in [0.1, 0.15) is 5.75 Å². The average Bonchev–Trinajstić information content (AvgIpc) is 2.87. The summed E-state index contributed by atoms with van der Waals surface area (Å²) in [5, 5.41) is 5.29. The van der Waals surface area contributed by atoms with E-state index in [4.69, 9.17) is 10.5 Å². The average molecular weight is 305 g/mol. The van der Waals surface area contributed by atoms with Crippen LogP contribution < -0.4 is 15.8 Å². The van der Waals surface area contributed by atoms with Crippen molar-refractivity contribution in [2.45, 2.75) is 26.2 Å². The SMILES string of the molecule is COc1cccc(C(=O)Nc2nc(C(C)(C)C)cs2)c1N. The number of methoxy groups -OCH3 is 1. The minimum absolute atomic E-state index is 0.0472. The number of nitrogens with zero attached hydrogens (tertiary/aromatic N) is 1. The molecule has 1 heterocycles. The molecule has 0 saturated carbocycles. The second-order valence-corrected chi connectivity index (χ2v) is 6.52. The van der Waals surface area contributed by atoms with Crippen molar-refractivity contribution < 1.29 is 9.53 Å². The van der Waals surface area contributed by atoms with Crippen LogP contribution in [0.25, 0.3) is 0 Å². The van der Waals surface area contributed by atoms with Crippen molar-refractivity contribution in [3.05, 3.63) is 34.8 Å². The number of hydrogen-bond acceptors (Lipinski definition) is 5. The predicted molar refractivity (Wildman–Crippen MR) is 86.2 cm³/mol. The van der Waals surface area contributed by atoms with Gasteiger partial charge < -0.3 is 10.5 Å². The van der Waals surface area contributed by atoms with Crippen molar-refractivity contribution in [3.8, 4) is 5.75 Å². The molecule has 0 saturated heterocycles. The van der Waals surface area contributed by atoms with Gasteiger partial charge in [-0.2, -0.15) is 0 Å². The molecular weight excluding hydrogens is 286 g/mol. The van der Waals surface area contributed by atoms with Gasteiger partial charge in [0.25, 0.3) is 5.91 Å². The number of amides is 1. The number of para-hydroxylation sites is 1. The molecule has 112 valence electrons. The molecule has 21 heavy (non-hydrogen) atoms. The molecule has 1 amide bonds. The maximum atomic E-state index is 12.3. The molecule has 1 aromatic carbocycles. The highest BCUT2D eigenvalue weighted by Gasteiger charge is 2.19. The maximum absolute atomic E-state index is 12.3. The fraction of sp³-hybridized carbons (Fsp3) is 0.333. The molecule has 0 spiro atoms. The zero-order chi connectivity index (χ0) is 15.6. The number of ether oxygens (including phenoxy) is 1. The molecule has 0 unspecified atom stereocenters. The van der Waals surface area contributed by atoms with Gasteiger partial charge in [-0.05, 0) is 12.1 Å². The summed E-state index contributed by atoms with van der Waals surface area (Å²) in [4.78, 5) is 16.7. The Morgan fingerprint density at radius 3 is 2.67 bits per heavy atom. The molecule has 0 bridgehead atoms. The molecule has 3 N–H and O–H groups in total. The van der Waals surface area contributed by atoms with Crippen molar-refractivity contribution in [3.63, 3.8) is 0 Å². The summed E-state index contributed by atoms with van der Waals surface area (Å²) in [6.07, 6.45) is 0. The summed E-state index contributed by atoms with van der Waals surface area (Å²) in [6, 6.07) is 5.10. The zero-order valence-electron chi connectivity index (χ0n) is 12.6. The highest BCUT2D eigenvalue weighted by molar-refractivity contribution is 7.14. The second-order valence-electron chi connectivity index (χ2n) is 5.66. The van der Waals surface area contributed by atoms with Gasteiger partial charge in [0, 0.05) is 10.8 Å². The van der Waals surface area contributed by atoms with Crippen LogP contribution in [-0.2, 0) is 5.41 Å². The zero-order valence-corrected chi connectivity index (χ0v) is 13.4. The first kappa shape index (κ1) is 15.3. The fourth-order valence-electron chi connectivity index (χ4n) is 1.76. The molecule has 1 aromatic heterocycles. The number of benzene rings is 1. The largest absolute Gasteiger partial charge is 0.495 e. The Bertz CT molecular complexity index is 659. The van der Waals surface area contributed by atoms with E-state index in [0.29, 0.717) is 22.1 Å². The van der Waals surface area contributed by atoms with Crippen LogP contribution in [-0.4, -0.2) is 18.0 Å². The van der Waals surface area contributed by atoms with Crippen molar-refractivity contribution >= 4 is 28.1 Å². The molecule has 0 fully saturated rings. The van der Waals surface area contributed by atoms with Crippen LogP contribution in [0.4, 0.5) is 10.8 Å². The number of nitrogens with two attached hydrogens (primary N) is 1. The van der Waals surface area contributed by atoms with Crippen LogP contribution in [0.5, 0.6) is 5.75 Å². The Morgan fingerprint density at radius 2 is 2.10 bits per heavy atom. The van der Waals surface area contributed by atoms with E-state index in [0.717, 1.165) is 5.69 Å². The number of anilines is 2. The third kappa shape index (κ3) is 3.33. The molecule has 2 rings (SSSR count). The van der Waals surface area contributed by atoms with E-state index in [1.54, 1.807) is 18.2 Å². The number of hydrogen-bond donors (Lipinski definition) is 2. The summed E-state index contributed by atoms with van der Waals surface area (Å²) < 4.78 is 5.12. The molecule has 6 heteroatoms. The van der Waals surface area contributed by atoms with E-state index >= 15 is 0 Å². The first-order valence-corrected chi connectivity index (χ1v) is 7.40. The molecule has 5 nitrogen and oxygen atoms in total. The summed E-state index contributed by atoms with van der Waals surface area (Å²) in [5.74, 6) is 0.193. The number of aromatic nitrogens is 1. The topological polar surface area (TPSA) is 77.2 Å². The standard InChI is InChI=1S/C15H19N3O2S/c1-15(2,3)11-8-21-14(17-11)18-13(19)9-6-5-7-10(20-4)12(9)16/h5-8H,16H2,1-4H3,(H,17,18,19). The van der Waals surface area contributed by atoms with Gasteiger partial charge in [0.2, 0.25) is 0 Å². The Hall–Kier alpha value is -2.08. The normalized spacial score (nSPS) is 11.2. The van der Waals surface area contributed by atoms with Gasteiger partial charge in [0.05, 0.1) is 24.1 Å².